The lowest BCUT2D eigenvalue weighted by Gasteiger charge is -2.15. The quantitative estimate of drug-likeness (QED) is 0.529. The van der Waals surface area contributed by atoms with E-state index < -0.39 is 0 Å². The van der Waals surface area contributed by atoms with Crippen LogP contribution in [-0.2, 0) is 4.74 Å². The summed E-state index contributed by atoms with van der Waals surface area (Å²) >= 11 is 0. The lowest BCUT2D eigenvalue weighted by Crippen LogP contribution is -2.31. The number of nitrogens with one attached hydrogen (secondary N) is 2. The second-order valence-electron chi connectivity index (χ2n) is 4.02. The Morgan fingerprint density at radius 2 is 2.20 bits per heavy atom. The Hall–Kier alpha value is -0.160. The third kappa shape index (κ3) is 6.84. The maximum atomic E-state index is 8.51. The van der Waals surface area contributed by atoms with Gasteiger partial charge in [0.2, 0.25) is 0 Å². The van der Waals surface area contributed by atoms with E-state index in [-0.39, 0.29) is 6.61 Å². The summed E-state index contributed by atoms with van der Waals surface area (Å²) in [5, 5.41) is 15.5. The predicted molar refractivity (Wildman–Crippen MR) is 61.0 cm³/mol. The first-order valence-corrected chi connectivity index (χ1v) is 6.06. The molecular formula is C11H24N2O2. The molecule has 1 aliphatic heterocycles. The summed E-state index contributed by atoms with van der Waals surface area (Å²) in [7, 11) is 0. The van der Waals surface area contributed by atoms with Crippen LogP contribution in [0.2, 0.25) is 0 Å². The smallest absolute Gasteiger partial charge is 0.0697 e. The van der Waals surface area contributed by atoms with Crippen LogP contribution in [0.4, 0.5) is 0 Å². The molecule has 0 saturated carbocycles. The van der Waals surface area contributed by atoms with Crippen molar-refractivity contribution in [1.29, 1.82) is 0 Å². The van der Waals surface area contributed by atoms with Gasteiger partial charge in [-0.2, -0.15) is 0 Å². The van der Waals surface area contributed by atoms with E-state index in [0.717, 1.165) is 32.7 Å². The molecule has 3 N–H and O–H groups in total. The molecule has 4 heteroatoms. The lowest BCUT2D eigenvalue weighted by atomic mass is 10.1. The normalized spacial score (nSPS) is 22.6. The molecule has 0 aromatic carbocycles. The molecular weight excluding hydrogens is 192 g/mol. The Labute approximate surface area is 92.4 Å². The molecule has 0 aromatic rings. The summed E-state index contributed by atoms with van der Waals surface area (Å²) in [6.07, 6.45) is 4.82. The van der Waals surface area contributed by atoms with E-state index >= 15 is 0 Å². The molecule has 1 rings (SSSR count). The molecule has 1 fully saturated rings. The molecule has 15 heavy (non-hydrogen) atoms. The van der Waals surface area contributed by atoms with Crippen molar-refractivity contribution in [2.75, 3.05) is 39.5 Å². The van der Waals surface area contributed by atoms with Crippen molar-refractivity contribution in [2.24, 2.45) is 0 Å². The molecule has 1 heterocycles. The fraction of sp³-hybridized carbons (Fsp3) is 1.00. The maximum Gasteiger partial charge on any atom is 0.0697 e. The van der Waals surface area contributed by atoms with Gasteiger partial charge in [-0.15, -0.1) is 0 Å². The highest BCUT2D eigenvalue weighted by molar-refractivity contribution is 4.72. The van der Waals surface area contributed by atoms with E-state index in [2.05, 4.69) is 10.6 Å². The Morgan fingerprint density at radius 3 is 3.07 bits per heavy atom. The molecule has 0 amide bonds. The van der Waals surface area contributed by atoms with Crippen molar-refractivity contribution < 1.29 is 9.84 Å². The van der Waals surface area contributed by atoms with Crippen molar-refractivity contribution in [3.8, 4) is 0 Å². The van der Waals surface area contributed by atoms with Crippen molar-refractivity contribution >= 4 is 0 Å². The van der Waals surface area contributed by atoms with Crippen LogP contribution >= 0.6 is 0 Å². The van der Waals surface area contributed by atoms with Crippen LogP contribution in [0.5, 0.6) is 0 Å². The topological polar surface area (TPSA) is 53.5 Å². The van der Waals surface area contributed by atoms with Gasteiger partial charge in [-0.3, -0.25) is 0 Å². The second kappa shape index (κ2) is 9.09. The van der Waals surface area contributed by atoms with E-state index in [4.69, 9.17) is 9.84 Å². The van der Waals surface area contributed by atoms with E-state index in [1.54, 1.807) is 0 Å². The first-order chi connectivity index (χ1) is 7.43. The number of aliphatic hydroxyl groups excluding tert-OH is 1. The average Bonchev–Trinajstić information content (AvgIpc) is 2.52. The predicted octanol–water partition coefficient (Wildman–Crippen LogP) is 0.117. The summed E-state index contributed by atoms with van der Waals surface area (Å²) in [4.78, 5) is 0. The monoisotopic (exact) mass is 216 g/mol. The first-order valence-electron chi connectivity index (χ1n) is 6.06. The van der Waals surface area contributed by atoms with Crippen LogP contribution in [0, 0.1) is 0 Å². The van der Waals surface area contributed by atoms with Crippen molar-refractivity contribution in [2.45, 2.75) is 31.7 Å². The van der Waals surface area contributed by atoms with E-state index in [1.807, 2.05) is 0 Å². The summed E-state index contributed by atoms with van der Waals surface area (Å²) in [5.74, 6) is 0. The summed E-state index contributed by atoms with van der Waals surface area (Å²) in [5.41, 5.74) is 0. The van der Waals surface area contributed by atoms with Gasteiger partial charge in [-0.1, -0.05) is 0 Å². The number of hydrogen-bond acceptors (Lipinski definition) is 4. The molecule has 0 bridgehead atoms. The largest absolute Gasteiger partial charge is 0.394 e. The minimum atomic E-state index is 0.127. The standard InChI is InChI=1S/C11H24N2O2/c14-8-10-15-9-2-6-13-11-3-1-5-12-7-4-11/h11-14H,1-10H2. The fourth-order valence-corrected chi connectivity index (χ4v) is 1.87. The second-order valence-corrected chi connectivity index (χ2v) is 4.02. The average molecular weight is 216 g/mol. The van der Waals surface area contributed by atoms with E-state index in [9.17, 15) is 0 Å². The van der Waals surface area contributed by atoms with Crippen LogP contribution in [0.3, 0.4) is 0 Å². The first kappa shape index (κ1) is 12.9. The molecule has 1 saturated heterocycles. The van der Waals surface area contributed by atoms with E-state index in [0.29, 0.717) is 12.6 Å². The van der Waals surface area contributed by atoms with Crippen molar-refractivity contribution in [1.82, 2.24) is 10.6 Å². The maximum absolute atomic E-state index is 8.51. The van der Waals surface area contributed by atoms with Gasteiger partial charge in [-0.05, 0) is 45.3 Å². The Morgan fingerprint density at radius 1 is 1.27 bits per heavy atom. The number of aliphatic hydroxyl groups is 1. The van der Waals surface area contributed by atoms with Crippen LogP contribution in [0.25, 0.3) is 0 Å². The van der Waals surface area contributed by atoms with Gasteiger partial charge >= 0.3 is 0 Å². The van der Waals surface area contributed by atoms with Gasteiger partial charge in [0.15, 0.2) is 0 Å². The molecule has 4 nitrogen and oxygen atoms in total. The summed E-state index contributed by atoms with van der Waals surface area (Å²) < 4.78 is 5.19. The molecule has 0 radical (unpaired) electrons. The molecule has 0 aliphatic carbocycles. The highest BCUT2D eigenvalue weighted by Gasteiger charge is 2.09. The Kier molecular flexibility index (Phi) is 7.83. The summed E-state index contributed by atoms with van der Waals surface area (Å²) in [6, 6.07) is 0.679. The van der Waals surface area contributed by atoms with Gasteiger partial charge in [-0.25, -0.2) is 0 Å². The molecule has 90 valence electrons. The minimum Gasteiger partial charge on any atom is -0.394 e. The van der Waals surface area contributed by atoms with Crippen LogP contribution in [0.15, 0.2) is 0 Å². The van der Waals surface area contributed by atoms with Gasteiger partial charge in [0.1, 0.15) is 0 Å². The molecule has 1 aliphatic rings. The zero-order valence-corrected chi connectivity index (χ0v) is 9.50. The SMILES string of the molecule is OCCOCCCNC1CCCNCC1. The number of hydrogen-bond donors (Lipinski definition) is 3. The molecule has 0 aromatic heterocycles. The zero-order valence-electron chi connectivity index (χ0n) is 9.50. The highest BCUT2D eigenvalue weighted by Crippen LogP contribution is 2.04. The molecule has 0 spiro atoms. The molecule has 1 atom stereocenters. The van der Waals surface area contributed by atoms with Gasteiger partial charge in [0.05, 0.1) is 13.2 Å². The van der Waals surface area contributed by atoms with Crippen LogP contribution < -0.4 is 10.6 Å². The van der Waals surface area contributed by atoms with Gasteiger partial charge < -0.3 is 20.5 Å². The lowest BCUT2D eigenvalue weighted by molar-refractivity contribution is 0.0903. The third-order valence-electron chi connectivity index (χ3n) is 2.71. The van der Waals surface area contributed by atoms with Crippen LogP contribution in [0.1, 0.15) is 25.7 Å². The fourth-order valence-electron chi connectivity index (χ4n) is 1.87. The third-order valence-corrected chi connectivity index (χ3v) is 2.71. The summed E-state index contributed by atoms with van der Waals surface area (Å²) in [6.45, 7) is 4.67. The van der Waals surface area contributed by atoms with Crippen molar-refractivity contribution in [3.05, 3.63) is 0 Å². The van der Waals surface area contributed by atoms with E-state index in [1.165, 1.54) is 19.3 Å². The van der Waals surface area contributed by atoms with Gasteiger partial charge in [0.25, 0.3) is 0 Å². The Bertz CT molecular complexity index is 137. The number of rotatable bonds is 7. The highest BCUT2D eigenvalue weighted by atomic mass is 16.5. The Balaban J connectivity index is 1.89. The van der Waals surface area contributed by atoms with Crippen LogP contribution in [-0.4, -0.2) is 50.6 Å². The van der Waals surface area contributed by atoms with Crippen molar-refractivity contribution in [3.63, 3.8) is 0 Å². The number of ether oxygens (including phenoxy) is 1. The zero-order chi connectivity index (χ0) is 10.8. The minimum absolute atomic E-state index is 0.127. The van der Waals surface area contributed by atoms with Gasteiger partial charge in [0, 0.05) is 12.6 Å². The molecule has 1 unspecified atom stereocenters.